The van der Waals surface area contributed by atoms with E-state index in [0.29, 0.717) is 29.4 Å². The Morgan fingerprint density at radius 1 is 1.12 bits per heavy atom. The number of aliphatic hydroxyl groups is 1. The standard InChI is InChI=1S/C26H31ClN2O4/c1-26(2,3)18-10-7-16(8-11-18)22-21(24(31)25(32)29(22)14-13-28(4)5)23(30)17-9-12-19(27)20(15-17)33-6/h7-12,15,22,30H,13-14H2,1-6H3/b23-21-. The molecule has 1 aliphatic heterocycles. The Morgan fingerprint density at radius 2 is 1.76 bits per heavy atom. The first-order valence-electron chi connectivity index (χ1n) is 10.8. The second-order valence-electron chi connectivity index (χ2n) is 9.52. The molecule has 1 saturated heterocycles. The third-order valence-electron chi connectivity index (χ3n) is 5.85. The average Bonchev–Trinajstić information content (AvgIpc) is 3.01. The van der Waals surface area contributed by atoms with Gasteiger partial charge in [-0.05, 0) is 48.8 Å². The van der Waals surface area contributed by atoms with Crippen LogP contribution in [0.25, 0.3) is 5.76 Å². The number of hydrogen-bond donors (Lipinski definition) is 1. The topological polar surface area (TPSA) is 70.1 Å². The van der Waals surface area contributed by atoms with Crippen LogP contribution in [0.4, 0.5) is 0 Å². The predicted molar refractivity (Wildman–Crippen MR) is 131 cm³/mol. The highest BCUT2D eigenvalue weighted by atomic mass is 35.5. The number of carbonyl (C=O) groups is 2. The molecule has 1 fully saturated rings. The summed E-state index contributed by atoms with van der Waals surface area (Å²) in [5.41, 5.74) is 2.29. The van der Waals surface area contributed by atoms with Crippen LogP contribution in [0.1, 0.15) is 43.5 Å². The molecule has 2 aromatic rings. The number of ketones is 1. The normalized spacial score (nSPS) is 18.3. The number of carbonyl (C=O) groups excluding carboxylic acids is 2. The highest BCUT2D eigenvalue weighted by Crippen LogP contribution is 2.40. The van der Waals surface area contributed by atoms with Crippen molar-refractivity contribution < 1.29 is 19.4 Å². The molecule has 6 nitrogen and oxygen atoms in total. The quantitative estimate of drug-likeness (QED) is 0.378. The Labute approximate surface area is 200 Å². The Kier molecular flexibility index (Phi) is 7.20. The lowest BCUT2D eigenvalue weighted by atomic mass is 9.85. The number of hydrogen-bond acceptors (Lipinski definition) is 5. The molecule has 0 aliphatic carbocycles. The Bertz CT molecular complexity index is 1080. The summed E-state index contributed by atoms with van der Waals surface area (Å²) < 4.78 is 5.26. The molecule has 0 radical (unpaired) electrons. The average molecular weight is 471 g/mol. The zero-order valence-electron chi connectivity index (χ0n) is 20.0. The molecule has 1 aliphatic rings. The molecule has 1 amide bonds. The number of rotatable bonds is 6. The van der Waals surface area contributed by atoms with Crippen molar-refractivity contribution >= 4 is 29.1 Å². The van der Waals surface area contributed by atoms with Gasteiger partial charge in [-0.25, -0.2) is 0 Å². The predicted octanol–water partition coefficient (Wildman–Crippen LogP) is 4.63. The SMILES string of the molecule is COc1cc(/C(O)=C2/C(=O)C(=O)N(CCN(C)C)C2c2ccc(C(C)(C)C)cc2)ccc1Cl. The van der Waals surface area contributed by atoms with E-state index in [2.05, 4.69) is 20.8 Å². The molecule has 0 bridgehead atoms. The summed E-state index contributed by atoms with van der Waals surface area (Å²) in [6.07, 6.45) is 0. The van der Waals surface area contributed by atoms with E-state index in [4.69, 9.17) is 16.3 Å². The lowest BCUT2D eigenvalue weighted by Crippen LogP contribution is -2.35. The molecule has 3 rings (SSSR count). The number of halogens is 1. The monoisotopic (exact) mass is 470 g/mol. The van der Waals surface area contributed by atoms with Gasteiger partial charge in [-0.1, -0.05) is 56.6 Å². The number of Topliss-reactive ketones (excluding diaryl/α,β-unsaturated/α-hetero) is 1. The largest absolute Gasteiger partial charge is 0.507 e. The molecule has 0 spiro atoms. The van der Waals surface area contributed by atoms with Crippen LogP contribution in [0, 0.1) is 0 Å². The fourth-order valence-corrected chi connectivity index (χ4v) is 4.09. The fraction of sp³-hybridized carbons (Fsp3) is 0.385. The van der Waals surface area contributed by atoms with Crippen molar-refractivity contribution in [2.75, 3.05) is 34.3 Å². The van der Waals surface area contributed by atoms with Gasteiger partial charge in [-0.3, -0.25) is 9.59 Å². The van der Waals surface area contributed by atoms with Crippen LogP contribution in [-0.4, -0.2) is 60.9 Å². The highest BCUT2D eigenvalue weighted by molar-refractivity contribution is 6.46. The zero-order valence-corrected chi connectivity index (χ0v) is 20.7. The smallest absolute Gasteiger partial charge is 0.295 e. The summed E-state index contributed by atoms with van der Waals surface area (Å²) in [5, 5.41) is 11.6. The van der Waals surface area contributed by atoms with Crippen molar-refractivity contribution in [2.45, 2.75) is 32.2 Å². The first-order valence-corrected chi connectivity index (χ1v) is 11.2. The third kappa shape index (κ3) is 5.07. The van der Waals surface area contributed by atoms with E-state index in [1.807, 2.05) is 43.3 Å². The summed E-state index contributed by atoms with van der Waals surface area (Å²) in [6, 6.07) is 11.9. The van der Waals surface area contributed by atoms with Gasteiger partial charge in [0.05, 0.1) is 23.7 Å². The third-order valence-corrected chi connectivity index (χ3v) is 6.16. The summed E-state index contributed by atoms with van der Waals surface area (Å²) >= 11 is 6.13. The maximum absolute atomic E-state index is 13.1. The molecule has 33 heavy (non-hydrogen) atoms. The van der Waals surface area contributed by atoms with E-state index in [1.54, 1.807) is 18.2 Å². The zero-order chi connectivity index (χ0) is 24.5. The number of likely N-dealkylation sites (tertiary alicyclic amines) is 1. The molecule has 1 unspecified atom stereocenters. The molecule has 7 heteroatoms. The molecular weight excluding hydrogens is 440 g/mol. The summed E-state index contributed by atoms with van der Waals surface area (Å²) in [7, 11) is 5.29. The number of benzene rings is 2. The molecule has 0 saturated carbocycles. The van der Waals surface area contributed by atoms with Gasteiger partial charge in [0.15, 0.2) is 0 Å². The van der Waals surface area contributed by atoms with E-state index in [-0.39, 0.29) is 16.7 Å². The minimum Gasteiger partial charge on any atom is -0.507 e. The van der Waals surface area contributed by atoms with E-state index < -0.39 is 17.7 Å². The van der Waals surface area contributed by atoms with Gasteiger partial charge < -0.3 is 19.6 Å². The lowest BCUT2D eigenvalue weighted by molar-refractivity contribution is -0.140. The second kappa shape index (κ2) is 9.57. The molecule has 2 aromatic carbocycles. The maximum Gasteiger partial charge on any atom is 0.295 e. The first kappa shape index (κ1) is 24.8. The van der Waals surface area contributed by atoms with Crippen molar-refractivity contribution in [3.8, 4) is 5.75 Å². The molecule has 176 valence electrons. The number of ether oxygens (including phenoxy) is 1. The van der Waals surface area contributed by atoms with Gasteiger partial charge in [-0.2, -0.15) is 0 Å². The Hall–Kier alpha value is -2.83. The van der Waals surface area contributed by atoms with Crippen LogP contribution in [0.15, 0.2) is 48.0 Å². The van der Waals surface area contributed by atoms with Crippen molar-refractivity contribution in [1.29, 1.82) is 0 Å². The fourth-order valence-electron chi connectivity index (χ4n) is 3.89. The molecular formula is C26H31ClN2O4. The van der Waals surface area contributed by atoms with E-state index in [0.717, 1.165) is 11.1 Å². The minimum atomic E-state index is -0.704. The number of amides is 1. The first-order chi connectivity index (χ1) is 15.5. The summed E-state index contributed by atoms with van der Waals surface area (Å²) in [4.78, 5) is 29.6. The Balaban J connectivity index is 2.16. The minimum absolute atomic E-state index is 0.0366. The van der Waals surface area contributed by atoms with Gasteiger partial charge in [0.2, 0.25) is 0 Å². The summed E-state index contributed by atoms with van der Waals surface area (Å²) in [5.74, 6) is -1.21. The van der Waals surface area contributed by atoms with Crippen molar-refractivity contribution in [3.05, 3.63) is 69.8 Å². The highest BCUT2D eigenvalue weighted by Gasteiger charge is 2.46. The van der Waals surface area contributed by atoms with Gasteiger partial charge in [0, 0.05) is 18.7 Å². The molecule has 1 atom stereocenters. The number of likely N-dealkylation sites (N-methyl/N-ethyl adjacent to an activating group) is 1. The van der Waals surface area contributed by atoms with E-state index in [9.17, 15) is 14.7 Å². The van der Waals surface area contributed by atoms with Gasteiger partial charge in [-0.15, -0.1) is 0 Å². The van der Waals surface area contributed by atoms with Crippen LogP contribution in [0.5, 0.6) is 5.75 Å². The Morgan fingerprint density at radius 3 is 2.30 bits per heavy atom. The maximum atomic E-state index is 13.1. The van der Waals surface area contributed by atoms with Crippen LogP contribution in [-0.2, 0) is 15.0 Å². The van der Waals surface area contributed by atoms with Crippen molar-refractivity contribution in [1.82, 2.24) is 9.80 Å². The number of aliphatic hydroxyl groups excluding tert-OH is 1. The number of methoxy groups -OCH3 is 1. The molecule has 1 heterocycles. The number of nitrogens with zero attached hydrogens (tertiary/aromatic N) is 2. The van der Waals surface area contributed by atoms with Crippen LogP contribution in [0.2, 0.25) is 5.02 Å². The van der Waals surface area contributed by atoms with Crippen molar-refractivity contribution in [2.24, 2.45) is 0 Å². The molecule has 0 aromatic heterocycles. The molecule has 1 N–H and O–H groups in total. The second-order valence-corrected chi connectivity index (χ2v) is 9.92. The van der Waals surface area contributed by atoms with E-state index in [1.165, 1.54) is 12.0 Å². The van der Waals surface area contributed by atoms with Gasteiger partial charge in [0.25, 0.3) is 11.7 Å². The van der Waals surface area contributed by atoms with Gasteiger partial charge in [0.1, 0.15) is 11.5 Å². The van der Waals surface area contributed by atoms with Gasteiger partial charge >= 0.3 is 0 Å². The van der Waals surface area contributed by atoms with Crippen molar-refractivity contribution in [3.63, 3.8) is 0 Å². The van der Waals surface area contributed by atoms with Crippen LogP contribution < -0.4 is 4.74 Å². The van der Waals surface area contributed by atoms with Crippen LogP contribution >= 0.6 is 11.6 Å². The van der Waals surface area contributed by atoms with E-state index >= 15 is 0 Å². The summed E-state index contributed by atoms with van der Waals surface area (Å²) in [6.45, 7) is 7.31. The van der Waals surface area contributed by atoms with Crippen LogP contribution in [0.3, 0.4) is 0 Å². The lowest BCUT2D eigenvalue weighted by Gasteiger charge is -2.27.